The summed E-state index contributed by atoms with van der Waals surface area (Å²) in [5.74, 6) is 3.29. The monoisotopic (exact) mass is 263 g/mol. The zero-order chi connectivity index (χ0) is 14.0. The predicted octanol–water partition coefficient (Wildman–Crippen LogP) is 3.30. The quantitative estimate of drug-likeness (QED) is 0.885. The van der Waals surface area contributed by atoms with Crippen molar-refractivity contribution in [3.8, 4) is 5.88 Å². The summed E-state index contributed by atoms with van der Waals surface area (Å²) in [6.45, 7) is 9.11. The molecule has 19 heavy (non-hydrogen) atoms. The molecule has 0 aliphatic heterocycles. The second kappa shape index (κ2) is 5.35. The Morgan fingerprint density at radius 3 is 2.47 bits per heavy atom. The van der Waals surface area contributed by atoms with Crippen LogP contribution in [-0.2, 0) is 5.41 Å². The molecule has 0 saturated heterocycles. The van der Waals surface area contributed by atoms with Crippen molar-refractivity contribution in [3.05, 3.63) is 11.4 Å². The summed E-state index contributed by atoms with van der Waals surface area (Å²) in [6, 6.07) is 0. The lowest BCUT2D eigenvalue weighted by Crippen LogP contribution is -2.18. The van der Waals surface area contributed by atoms with Crippen LogP contribution in [0.3, 0.4) is 0 Å². The molecule has 1 heterocycles. The summed E-state index contributed by atoms with van der Waals surface area (Å²) in [5.41, 5.74) is 0.916. The van der Waals surface area contributed by atoms with Crippen molar-refractivity contribution >= 4 is 5.82 Å². The second-order valence-corrected chi connectivity index (χ2v) is 6.41. The number of hydrogen-bond donors (Lipinski definition) is 1. The minimum absolute atomic E-state index is 0.0755. The molecule has 1 aromatic heterocycles. The van der Waals surface area contributed by atoms with Gasteiger partial charge in [-0.3, -0.25) is 0 Å². The topological polar surface area (TPSA) is 47.0 Å². The molecule has 1 aliphatic carbocycles. The third-order valence-corrected chi connectivity index (χ3v) is 3.47. The van der Waals surface area contributed by atoms with Crippen LogP contribution in [0.5, 0.6) is 5.88 Å². The number of aromatic nitrogens is 2. The van der Waals surface area contributed by atoms with E-state index in [-0.39, 0.29) is 5.41 Å². The van der Waals surface area contributed by atoms with E-state index >= 15 is 0 Å². The van der Waals surface area contributed by atoms with Gasteiger partial charge in [-0.05, 0) is 19.3 Å². The Balaban J connectivity index is 2.18. The molecular weight excluding hydrogens is 238 g/mol. The van der Waals surface area contributed by atoms with Crippen LogP contribution in [0.25, 0.3) is 0 Å². The summed E-state index contributed by atoms with van der Waals surface area (Å²) >= 11 is 0. The molecule has 0 atom stereocenters. The zero-order valence-electron chi connectivity index (χ0n) is 12.7. The van der Waals surface area contributed by atoms with Gasteiger partial charge in [-0.15, -0.1) is 0 Å². The first-order valence-electron chi connectivity index (χ1n) is 7.11. The highest BCUT2D eigenvalue weighted by Gasteiger charge is 2.23. The van der Waals surface area contributed by atoms with Crippen molar-refractivity contribution in [3.63, 3.8) is 0 Å². The van der Waals surface area contributed by atoms with Crippen molar-refractivity contribution in [1.82, 2.24) is 9.97 Å². The first kappa shape index (κ1) is 14.1. The third-order valence-electron chi connectivity index (χ3n) is 3.47. The van der Waals surface area contributed by atoms with Crippen LogP contribution in [-0.4, -0.2) is 23.6 Å². The van der Waals surface area contributed by atoms with Crippen LogP contribution >= 0.6 is 0 Å². The summed E-state index contributed by atoms with van der Waals surface area (Å²) in [4.78, 5) is 9.17. The molecule has 106 valence electrons. The van der Waals surface area contributed by atoms with Crippen molar-refractivity contribution < 1.29 is 4.74 Å². The number of rotatable bonds is 5. The molecule has 0 spiro atoms. The van der Waals surface area contributed by atoms with Crippen LogP contribution in [0.4, 0.5) is 5.82 Å². The molecule has 1 aromatic rings. The normalized spacial score (nSPS) is 15.4. The third kappa shape index (κ3) is 3.58. The van der Waals surface area contributed by atoms with E-state index in [0.717, 1.165) is 42.0 Å². The van der Waals surface area contributed by atoms with Crippen LogP contribution in [0.2, 0.25) is 0 Å². The van der Waals surface area contributed by atoms with Gasteiger partial charge in [0, 0.05) is 12.5 Å². The summed E-state index contributed by atoms with van der Waals surface area (Å²) < 4.78 is 5.87. The Kier molecular flexibility index (Phi) is 3.97. The second-order valence-electron chi connectivity index (χ2n) is 6.41. The number of hydrogen-bond acceptors (Lipinski definition) is 4. The largest absolute Gasteiger partial charge is 0.477 e. The Morgan fingerprint density at radius 2 is 1.95 bits per heavy atom. The summed E-state index contributed by atoms with van der Waals surface area (Å²) in [5, 5.41) is 3.13. The van der Waals surface area contributed by atoms with Gasteiger partial charge in [0.15, 0.2) is 0 Å². The average molecular weight is 263 g/mol. The van der Waals surface area contributed by atoms with Gasteiger partial charge in [0.1, 0.15) is 11.6 Å². The number of nitrogens with zero attached hydrogens (tertiary/aromatic N) is 2. The van der Waals surface area contributed by atoms with Gasteiger partial charge in [-0.25, -0.2) is 4.98 Å². The van der Waals surface area contributed by atoms with Gasteiger partial charge in [0.05, 0.1) is 12.2 Å². The van der Waals surface area contributed by atoms with Gasteiger partial charge in [-0.1, -0.05) is 33.6 Å². The van der Waals surface area contributed by atoms with E-state index in [2.05, 4.69) is 36.1 Å². The highest BCUT2D eigenvalue weighted by Crippen LogP contribution is 2.33. The molecule has 4 heteroatoms. The fourth-order valence-corrected chi connectivity index (χ4v) is 1.94. The molecule has 1 aliphatic rings. The lowest BCUT2D eigenvalue weighted by molar-refractivity contribution is 0.286. The SMILES string of the molecule is CNc1nc(C(C)(C)C)nc(OCCC2CC2)c1C. The average Bonchev–Trinajstić information content (AvgIpc) is 3.14. The Labute approximate surface area is 116 Å². The Morgan fingerprint density at radius 1 is 1.26 bits per heavy atom. The van der Waals surface area contributed by atoms with Crippen LogP contribution in [0, 0.1) is 12.8 Å². The number of nitrogens with one attached hydrogen (secondary N) is 1. The maximum absolute atomic E-state index is 5.87. The highest BCUT2D eigenvalue weighted by molar-refractivity contribution is 5.48. The minimum Gasteiger partial charge on any atom is -0.477 e. The molecule has 0 amide bonds. The van der Waals surface area contributed by atoms with E-state index in [1.807, 2.05) is 14.0 Å². The van der Waals surface area contributed by atoms with Crippen LogP contribution in [0.15, 0.2) is 0 Å². The molecule has 1 fully saturated rings. The molecule has 1 N–H and O–H groups in total. The van der Waals surface area contributed by atoms with E-state index < -0.39 is 0 Å². The molecule has 0 radical (unpaired) electrons. The van der Waals surface area contributed by atoms with E-state index in [0.29, 0.717) is 0 Å². The van der Waals surface area contributed by atoms with Crippen molar-refractivity contribution in [2.75, 3.05) is 19.0 Å². The van der Waals surface area contributed by atoms with E-state index in [9.17, 15) is 0 Å². The van der Waals surface area contributed by atoms with Crippen LogP contribution < -0.4 is 10.1 Å². The number of anilines is 1. The van der Waals surface area contributed by atoms with E-state index in [1.165, 1.54) is 12.8 Å². The summed E-state index contributed by atoms with van der Waals surface area (Å²) in [7, 11) is 1.88. The smallest absolute Gasteiger partial charge is 0.221 e. The van der Waals surface area contributed by atoms with Gasteiger partial charge >= 0.3 is 0 Å². The van der Waals surface area contributed by atoms with Crippen molar-refractivity contribution in [2.45, 2.75) is 52.4 Å². The van der Waals surface area contributed by atoms with Crippen LogP contribution in [0.1, 0.15) is 51.4 Å². The molecule has 4 nitrogen and oxygen atoms in total. The van der Waals surface area contributed by atoms with Crippen molar-refractivity contribution in [1.29, 1.82) is 0 Å². The number of ether oxygens (including phenoxy) is 1. The lowest BCUT2D eigenvalue weighted by atomic mass is 9.95. The minimum atomic E-state index is -0.0755. The molecule has 2 rings (SSSR count). The maximum Gasteiger partial charge on any atom is 0.221 e. The predicted molar refractivity (Wildman–Crippen MR) is 77.9 cm³/mol. The Bertz CT molecular complexity index is 447. The molecule has 0 bridgehead atoms. The van der Waals surface area contributed by atoms with Gasteiger partial charge in [0.25, 0.3) is 0 Å². The first-order chi connectivity index (χ1) is 8.91. The standard InChI is InChI=1S/C15H25N3O/c1-10-12(16-5)17-14(15(2,3)4)18-13(10)19-9-8-11-6-7-11/h11H,6-9H2,1-5H3,(H,16,17,18). The first-order valence-corrected chi connectivity index (χ1v) is 7.11. The fourth-order valence-electron chi connectivity index (χ4n) is 1.94. The van der Waals surface area contributed by atoms with Gasteiger partial charge in [0.2, 0.25) is 5.88 Å². The Hall–Kier alpha value is -1.32. The van der Waals surface area contributed by atoms with Gasteiger partial charge < -0.3 is 10.1 Å². The van der Waals surface area contributed by atoms with E-state index in [1.54, 1.807) is 0 Å². The molecule has 0 unspecified atom stereocenters. The fraction of sp³-hybridized carbons (Fsp3) is 0.733. The van der Waals surface area contributed by atoms with E-state index in [4.69, 9.17) is 4.74 Å². The van der Waals surface area contributed by atoms with Gasteiger partial charge in [-0.2, -0.15) is 4.98 Å². The van der Waals surface area contributed by atoms with Crippen molar-refractivity contribution in [2.24, 2.45) is 5.92 Å². The maximum atomic E-state index is 5.87. The highest BCUT2D eigenvalue weighted by atomic mass is 16.5. The summed E-state index contributed by atoms with van der Waals surface area (Å²) in [6.07, 6.45) is 3.87. The lowest BCUT2D eigenvalue weighted by Gasteiger charge is -2.20. The molecule has 0 aromatic carbocycles. The molecular formula is C15H25N3O. The zero-order valence-corrected chi connectivity index (χ0v) is 12.7. The molecule has 1 saturated carbocycles.